The molecular formula is C23H27N3O3. The van der Waals surface area contributed by atoms with Gasteiger partial charge in [0.1, 0.15) is 0 Å². The monoisotopic (exact) mass is 393 g/mol. The van der Waals surface area contributed by atoms with E-state index in [9.17, 15) is 14.4 Å². The summed E-state index contributed by atoms with van der Waals surface area (Å²) < 4.78 is 0. The number of rotatable bonds is 9. The van der Waals surface area contributed by atoms with E-state index < -0.39 is 0 Å². The van der Waals surface area contributed by atoms with E-state index in [-0.39, 0.29) is 17.7 Å². The minimum atomic E-state index is -0.315. The van der Waals surface area contributed by atoms with E-state index in [1.807, 2.05) is 37.3 Å². The van der Waals surface area contributed by atoms with Crippen molar-refractivity contribution in [2.75, 3.05) is 19.6 Å². The number of benzene rings is 2. The fourth-order valence-corrected chi connectivity index (χ4v) is 3.46. The molecule has 2 aromatic carbocycles. The van der Waals surface area contributed by atoms with Gasteiger partial charge < -0.3 is 10.6 Å². The highest BCUT2D eigenvalue weighted by molar-refractivity contribution is 6.22. The van der Waals surface area contributed by atoms with Gasteiger partial charge in [-0.3, -0.25) is 19.3 Å². The van der Waals surface area contributed by atoms with Crippen LogP contribution in [-0.2, 0) is 6.54 Å². The molecule has 2 N–H and O–H groups in total. The first-order valence-electron chi connectivity index (χ1n) is 10.1. The van der Waals surface area contributed by atoms with Crippen LogP contribution >= 0.6 is 0 Å². The van der Waals surface area contributed by atoms with Crippen LogP contribution in [-0.4, -0.2) is 47.2 Å². The second-order valence-corrected chi connectivity index (χ2v) is 7.23. The third-order valence-corrected chi connectivity index (χ3v) is 5.09. The third kappa shape index (κ3) is 4.54. The Morgan fingerprint density at radius 2 is 1.72 bits per heavy atom. The quantitative estimate of drug-likeness (QED) is 0.664. The molecule has 0 aliphatic carbocycles. The molecule has 6 nitrogen and oxygen atoms in total. The van der Waals surface area contributed by atoms with Gasteiger partial charge in [0, 0.05) is 25.2 Å². The third-order valence-electron chi connectivity index (χ3n) is 5.09. The summed E-state index contributed by atoms with van der Waals surface area (Å²) in [6.07, 6.45) is 2.35. The van der Waals surface area contributed by atoms with E-state index in [1.165, 1.54) is 4.90 Å². The molecule has 1 aliphatic heterocycles. The Morgan fingerprint density at radius 3 is 2.41 bits per heavy atom. The van der Waals surface area contributed by atoms with Crippen LogP contribution in [0.15, 0.2) is 48.5 Å². The number of imide groups is 1. The molecule has 0 bridgehead atoms. The van der Waals surface area contributed by atoms with Crippen LogP contribution < -0.4 is 5.73 Å². The Morgan fingerprint density at radius 1 is 1.00 bits per heavy atom. The first-order chi connectivity index (χ1) is 14.1. The van der Waals surface area contributed by atoms with Gasteiger partial charge in [-0.25, -0.2) is 0 Å². The van der Waals surface area contributed by atoms with E-state index in [0.29, 0.717) is 49.3 Å². The first-order valence-corrected chi connectivity index (χ1v) is 10.1. The van der Waals surface area contributed by atoms with Crippen LogP contribution in [0.3, 0.4) is 0 Å². The van der Waals surface area contributed by atoms with Gasteiger partial charge in [-0.1, -0.05) is 43.7 Å². The highest BCUT2D eigenvalue weighted by atomic mass is 16.2. The molecule has 0 saturated carbocycles. The first kappa shape index (κ1) is 20.7. The molecule has 3 rings (SSSR count). The standard InChI is InChI=1S/C23H27N3O3/c1-2-3-14-26-22(28)19-11-10-18(15-20(19)23(26)29)21(27)25(13-7-12-24)16-17-8-5-4-6-9-17/h4-6,8-11,15H,2-3,7,12-14,16,24H2,1H3. The van der Waals surface area contributed by atoms with Gasteiger partial charge in [0.05, 0.1) is 11.1 Å². The van der Waals surface area contributed by atoms with Gasteiger partial charge in [-0.2, -0.15) is 0 Å². The molecular weight excluding hydrogens is 366 g/mol. The SMILES string of the molecule is CCCCN1C(=O)c2ccc(C(=O)N(CCCN)Cc3ccccc3)cc2C1=O. The number of carbonyl (C=O) groups excluding carboxylic acids is 3. The molecule has 0 spiro atoms. The van der Waals surface area contributed by atoms with Crippen LogP contribution in [0.1, 0.15) is 62.8 Å². The van der Waals surface area contributed by atoms with Crippen molar-refractivity contribution in [1.82, 2.24) is 9.80 Å². The molecule has 0 unspecified atom stereocenters. The number of amides is 3. The van der Waals surface area contributed by atoms with Crippen LogP contribution in [0.2, 0.25) is 0 Å². The Balaban J connectivity index is 1.84. The van der Waals surface area contributed by atoms with Crippen molar-refractivity contribution in [3.05, 3.63) is 70.8 Å². The highest BCUT2D eigenvalue weighted by Gasteiger charge is 2.35. The Kier molecular flexibility index (Phi) is 6.77. The highest BCUT2D eigenvalue weighted by Crippen LogP contribution is 2.25. The largest absolute Gasteiger partial charge is 0.334 e. The number of nitrogens with zero attached hydrogens (tertiary/aromatic N) is 2. The van der Waals surface area contributed by atoms with Crippen LogP contribution in [0, 0.1) is 0 Å². The van der Waals surface area contributed by atoms with Crippen molar-refractivity contribution in [3.8, 4) is 0 Å². The molecule has 0 fully saturated rings. The van der Waals surface area contributed by atoms with E-state index in [1.54, 1.807) is 23.1 Å². The summed E-state index contributed by atoms with van der Waals surface area (Å²) in [5, 5.41) is 0. The van der Waals surface area contributed by atoms with Crippen molar-refractivity contribution >= 4 is 17.7 Å². The molecule has 0 aromatic heterocycles. The maximum absolute atomic E-state index is 13.2. The van der Waals surface area contributed by atoms with Gasteiger partial charge in [-0.05, 0) is 43.1 Å². The summed E-state index contributed by atoms with van der Waals surface area (Å²) in [7, 11) is 0. The number of unbranched alkanes of at least 4 members (excludes halogenated alkanes) is 1. The summed E-state index contributed by atoms with van der Waals surface area (Å²) in [6.45, 7) is 3.89. The smallest absolute Gasteiger partial charge is 0.261 e. The number of hydrogen-bond acceptors (Lipinski definition) is 4. The maximum Gasteiger partial charge on any atom is 0.261 e. The summed E-state index contributed by atoms with van der Waals surface area (Å²) in [5.74, 6) is -0.760. The summed E-state index contributed by atoms with van der Waals surface area (Å²) in [4.78, 5) is 41.4. The average Bonchev–Trinajstić information content (AvgIpc) is 2.99. The minimum Gasteiger partial charge on any atom is -0.334 e. The molecule has 0 radical (unpaired) electrons. The predicted molar refractivity (Wildman–Crippen MR) is 112 cm³/mol. The Hall–Kier alpha value is -2.99. The molecule has 6 heteroatoms. The van der Waals surface area contributed by atoms with Crippen molar-refractivity contribution in [3.63, 3.8) is 0 Å². The van der Waals surface area contributed by atoms with Crippen LogP contribution in [0.25, 0.3) is 0 Å². The van der Waals surface area contributed by atoms with Gasteiger partial charge in [0.15, 0.2) is 0 Å². The van der Waals surface area contributed by atoms with Crippen molar-refractivity contribution < 1.29 is 14.4 Å². The fourth-order valence-electron chi connectivity index (χ4n) is 3.46. The minimum absolute atomic E-state index is 0.169. The van der Waals surface area contributed by atoms with Crippen molar-refractivity contribution in [1.29, 1.82) is 0 Å². The van der Waals surface area contributed by atoms with Crippen LogP contribution in [0.4, 0.5) is 0 Å². The van der Waals surface area contributed by atoms with Gasteiger partial charge in [0.2, 0.25) is 0 Å². The van der Waals surface area contributed by atoms with Crippen molar-refractivity contribution in [2.45, 2.75) is 32.7 Å². The summed E-state index contributed by atoms with van der Waals surface area (Å²) in [6, 6.07) is 14.5. The van der Waals surface area contributed by atoms with Crippen molar-refractivity contribution in [2.24, 2.45) is 5.73 Å². The lowest BCUT2D eigenvalue weighted by Gasteiger charge is -2.23. The summed E-state index contributed by atoms with van der Waals surface area (Å²) in [5.41, 5.74) is 7.77. The van der Waals surface area contributed by atoms with E-state index in [4.69, 9.17) is 5.73 Å². The molecule has 152 valence electrons. The van der Waals surface area contributed by atoms with Gasteiger partial charge in [-0.15, -0.1) is 0 Å². The van der Waals surface area contributed by atoms with E-state index in [2.05, 4.69) is 0 Å². The van der Waals surface area contributed by atoms with E-state index >= 15 is 0 Å². The van der Waals surface area contributed by atoms with E-state index in [0.717, 1.165) is 18.4 Å². The van der Waals surface area contributed by atoms with Gasteiger partial charge >= 0.3 is 0 Å². The summed E-state index contributed by atoms with van der Waals surface area (Å²) >= 11 is 0. The lowest BCUT2D eigenvalue weighted by Crippen LogP contribution is -2.32. The Bertz CT molecular complexity index is 895. The maximum atomic E-state index is 13.2. The Labute approximate surface area is 171 Å². The number of carbonyl (C=O) groups is 3. The molecule has 0 saturated heterocycles. The lowest BCUT2D eigenvalue weighted by molar-refractivity contribution is 0.0651. The molecule has 1 heterocycles. The number of hydrogen-bond donors (Lipinski definition) is 1. The molecule has 29 heavy (non-hydrogen) atoms. The normalized spacial score (nSPS) is 13.0. The second-order valence-electron chi connectivity index (χ2n) is 7.23. The topological polar surface area (TPSA) is 83.7 Å². The molecule has 0 atom stereocenters. The average molecular weight is 393 g/mol. The zero-order valence-electron chi connectivity index (χ0n) is 16.8. The fraction of sp³-hybridized carbons (Fsp3) is 0.348. The molecule has 2 aromatic rings. The zero-order chi connectivity index (χ0) is 20.8. The lowest BCUT2D eigenvalue weighted by atomic mass is 10.0. The van der Waals surface area contributed by atoms with Crippen LogP contribution in [0.5, 0.6) is 0 Å². The van der Waals surface area contributed by atoms with Gasteiger partial charge in [0.25, 0.3) is 17.7 Å². The number of nitrogens with two attached hydrogens (primary N) is 1. The second kappa shape index (κ2) is 9.47. The zero-order valence-corrected chi connectivity index (χ0v) is 16.8. The predicted octanol–water partition coefficient (Wildman–Crippen LogP) is 3.07. The number of fused-ring (bicyclic) bond motifs is 1. The molecule has 3 amide bonds. The molecule has 1 aliphatic rings.